The van der Waals surface area contributed by atoms with Gasteiger partial charge < -0.3 is 14.4 Å². The number of amides is 1. The molecule has 0 N–H and O–H groups in total. The fourth-order valence-electron chi connectivity index (χ4n) is 2.50. The highest BCUT2D eigenvalue weighted by Gasteiger charge is 2.28. The summed E-state index contributed by atoms with van der Waals surface area (Å²) >= 11 is 0. The highest BCUT2D eigenvalue weighted by atomic mass is 16.6. The average molecular weight is 292 g/mol. The van der Waals surface area contributed by atoms with Gasteiger partial charge in [-0.15, -0.1) is 0 Å². The molecule has 1 aromatic rings. The molecule has 116 valence electrons. The fraction of sp³-hybridized carbons (Fsp3) is 0.625. The lowest BCUT2D eigenvalue weighted by molar-refractivity contribution is 0.0198. The number of likely N-dealkylation sites (tertiary alicyclic amines) is 1. The van der Waals surface area contributed by atoms with Gasteiger partial charge in [0, 0.05) is 31.3 Å². The number of carbonyl (C=O) groups excluding carboxylic acids is 1. The zero-order valence-electron chi connectivity index (χ0n) is 13.3. The number of pyridine rings is 1. The minimum absolute atomic E-state index is 0.228. The molecule has 1 aliphatic rings. The van der Waals surface area contributed by atoms with E-state index in [1.54, 1.807) is 12.0 Å². The Balaban J connectivity index is 2.01. The van der Waals surface area contributed by atoms with E-state index in [0.29, 0.717) is 18.3 Å². The molecule has 2 heterocycles. The molecular formula is C16H24N2O3. The molecule has 21 heavy (non-hydrogen) atoms. The van der Waals surface area contributed by atoms with E-state index in [1.165, 1.54) is 0 Å². The van der Waals surface area contributed by atoms with Crippen LogP contribution in [0.25, 0.3) is 0 Å². The third kappa shape index (κ3) is 4.34. The molecular weight excluding hydrogens is 268 g/mol. The quantitative estimate of drug-likeness (QED) is 0.840. The molecule has 5 heteroatoms. The maximum atomic E-state index is 12.2. The molecule has 0 bridgehead atoms. The van der Waals surface area contributed by atoms with Gasteiger partial charge in [-0.05, 0) is 39.2 Å². The van der Waals surface area contributed by atoms with Crippen molar-refractivity contribution in [3.63, 3.8) is 0 Å². The van der Waals surface area contributed by atoms with Gasteiger partial charge >= 0.3 is 6.09 Å². The van der Waals surface area contributed by atoms with Crippen molar-refractivity contribution in [1.82, 2.24) is 9.88 Å². The standard InChI is InChI=1S/C16H24N2O3/c1-16(2,3)21-15(19)18-9-5-6-13(11-18)12-7-8-14(20-4)17-10-12/h7-8,10,13H,5-6,9,11H2,1-4H3/t13-/m1/s1. The van der Waals surface area contributed by atoms with Gasteiger partial charge in [0.2, 0.25) is 5.88 Å². The largest absolute Gasteiger partial charge is 0.481 e. The van der Waals surface area contributed by atoms with Crippen molar-refractivity contribution in [1.29, 1.82) is 0 Å². The van der Waals surface area contributed by atoms with Crippen LogP contribution < -0.4 is 4.74 Å². The first kappa shape index (κ1) is 15.6. The molecule has 1 fully saturated rings. The lowest BCUT2D eigenvalue weighted by atomic mass is 9.92. The number of piperidine rings is 1. The number of ether oxygens (including phenoxy) is 2. The normalized spacial score (nSPS) is 19.2. The maximum absolute atomic E-state index is 12.2. The Labute approximate surface area is 126 Å². The van der Waals surface area contributed by atoms with Crippen LogP contribution in [0, 0.1) is 0 Å². The number of rotatable bonds is 2. The summed E-state index contributed by atoms with van der Waals surface area (Å²) in [6.45, 7) is 7.11. The van der Waals surface area contributed by atoms with Crippen LogP contribution in [-0.4, -0.2) is 41.8 Å². The van der Waals surface area contributed by atoms with Gasteiger partial charge in [0.15, 0.2) is 0 Å². The van der Waals surface area contributed by atoms with Crippen LogP contribution in [0.5, 0.6) is 5.88 Å². The van der Waals surface area contributed by atoms with Gasteiger partial charge in [-0.3, -0.25) is 0 Å². The van der Waals surface area contributed by atoms with E-state index >= 15 is 0 Å². The van der Waals surface area contributed by atoms with E-state index in [9.17, 15) is 4.79 Å². The summed E-state index contributed by atoms with van der Waals surface area (Å²) < 4.78 is 10.5. The van der Waals surface area contributed by atoms with Crippen LogP contribution in [0.3, 0.4) is 0 Å². The second kappa shape index (κ2) is 6.33. The second-order valence-electron chi connectivity index (χ2n) is 6.40. The molecule has 0 radical (unpaired) electrons. The predicted molar refractivity (Wildman–Crippen MR) is 80.6 cm³/mol. The van der Waals surface area contributed by atoms with Crippen molar-refractivity contribution >= 4 is 6.09 Å². The number of aromatic nitrogens is 1. The van der Waals surface area contributed by atoms with Gasteiger partial charge in [0.05, 0.1) is 7.11 Å². The van der Waals surface area contributed by atoms with Crippen LogP contribution in [-0.2, 0) is 4.74 Å². The van der Waals surface area contributed by atoms with Gasteiger partial charge in [-0.25, -0.2) is 9.78 Å². The third-order valence-corrected chi connectivity index (χ3v) is 3.51. The molecule has 0 saturated carbocycles. The average Bonchev–Trinajstić information content (AvgIpc) is 2.46. The van der Waals surface area contributed by atoms with Crippen molar-refractivity contribution in [3.05, 3.63) is 23.9 Å². The number of nitrogens with zero attached hydrogens (tertiary/aromatic N) is 2. The molecule has 0 spiro atoms. The van der Waals surface area contributed by atoms with Crippen molar-refractivity contribution in [2.24, 2.45) is 0 Å². The molecule has 1 saturated heterocycles. The van der Waals surface area contributed by atoms with Crippen molar-refractivity contribution < 1.29 is 14.3 Å². The van der Waals surface area contributed by atoms with E-state index in [0.717, 1.165) is 24.9 Å². The molecule has 1 atom stereocenters. The van der Waals surface area contributed by atoms with E-state index in [2.05, 4.69) is 4.98 Å². The van der Waals surface area contributed by atoms with Gasteiger partial charge in [-0.1, -0.05) is 6.07 Å². The summed E-state index contributed by atoms with van der Waals surface area (Å²) in [4.78, 5) is 18.2. The molecule has 0 aromatic carbocycles. The highest BCUT2D eigenvalue weighted by Crippen LogP contribution is 2.28. The van der Waals surface area contributed by atoms with Crippen LogP contribution in [0.1, 0.15) is 45.1 Å². The van der Waals surface area contributed by atoms with Crippen LogP contribution >= 0.6 is 0 Å². The molecule has 1 aliphatic heterocycles. The third-order valence-electron chi connectivity index (χ3n) is 3.51. The van der Waals surface area contributed by atoms with Gasteiger partial charge in [0.1, 0.15) is 5.60 Å². The Morgan fingerprint density at radius 3 is 2.71 bits per heavy atom. The van der Waals surface area contributed by atoms with Crippen molar-refractivity contribution in [3.8, 4) is 5.88 Å². The first-order valence-electron chi connectivity index (χ1n) is 7.37. The monoisotopic (exact) mass is 292 g/mol. The Hall–Kier alpha value is -1.78. The number of carbonyl (C=O) groups is 1. The first-order valence-corrected chi connectivity index (χ1v) is 7.37. The van der Waals surface area contributed by atoms with Crippen molar-refractivity contribution in [2.75, 3.05) is 20.2 Å². The number of hydrogen-bond donors (Lipinski definition) is 0. The van der Waals surface area contributed by atoms with E-state index < -0.39 is 5.60 Å². The predicted octanol–water partition coefficient (Wildman–Crippen LogP) is 3.20. The maximum Gasteiger partial charge on any atom is 0.410 e. The van der Waals surface area contributed by atoms with Crippen molar-refractivity contribution in [2.45, 2.75) is 45.1 Å². The van der Waals surface area contributed by atoms with Crippen LogP contribution in [0.2, 0.25) is 0 Å². The molecule has 2 rings (SSSR count). The molecule has 0 unspecified atom stereocenters. The summed E-state index contributed by atoms with van der Waals surface area (Å²) in [5.74, 6) is 0.920. The van der Waals surface area contributed by atoms with Crippen LogP contribution in [0.15, 0.2) is 18.3 Å². The first-order chi connectivity index (χ1) is 9.89. The Kier molecular flexibility index (Phi) is 4.70. The SMILES string of the molecule is COc1ccc([C@@H]2CCCN(C(=O)OC(C)(C)C)C2)cn1. The lowest BCUT2D eigenvalue weighted by Gasteiger charge is -2.34. The fourth-order valence-corrected chi connectivity index (χ4v) is 2.50. The topological polar surface area (TPSA) is 51.7 Å². The summed E-state index contributed by atoms with van der Waals surface area (Å²) in [6, 6.07) is 3.89. The number of hydrogen-bond acceptors (Lipinski definition) is 4. The molecule has 1 amide bonds. The highest BCUT2D eigenvalue weighted by molar-refractivity contribution is 5.68. The zero-order chi connectivity index (χ0) is 15.5. The summed E-state index contributed by atoms with van der Waals surface area (Å²) in [5, 5.41) is 0. The summed E-state index contributed by atoms with van der Waals surface area (Å²) in [6.07, 6.45) is 3.65. The number of methoxy groups -OCH3 is 1. The Morgan fingerprint density at radius 1 is 1.38 bits per heavy atom. The minimum Gasteiger partial charge on any atom is -0.481 e. The Morgan fingerprint density at radius 2 is 2.14 bits per heavy atom. The van der Waals surface area contributed by atoms with E-state index in [-0.39, 0.29) is 6.09 Å². The van der Waals surface area contributed by atoms with E-state index in [4.69, 9.17) is 9.47 Å². The molecule has 5 nitrogen and oxygen atoms in total. The second-order valence-corrected chi connectivity index (χ2v) is 6.40. The zero-order valence-corrected chi connectivity index (χ0v) is 13.3. The van der Waals surface area contributed by atoms with Crippen LogP contribution in [0.4, 0.5) is 4.79 Å². The Bertz CT molecular complexity index is 479. The smallest absolute Gasteiger partial charge is 0.410 e. The summed E-state index contributed by atoms with van der Waals surface area (Å²) in [7, 11) is 1.60. The van der Waals surface area contributed by atoms with E-state index in [1.807, 2.05) is 39.1 Å². The van der Waals surface area contributed by atoms with Gasteiger partial charge in [0.25, 0.3) is 0 Å². The summed E-state index contributed by atoms with van der Waals surface area (Å²) in [5.41, 5.74) is 0.690. The van der Waals surface area contributed by atoms with Gasteiger partial charge in [-0.2, -0.15) is 0 Å². The molecule has 1 aromatic heterocycles. The molecule has 0 aliphatic carbocycles. The minimum atomic E-state index is -0.453. The lowest BCUT2D eigenvalue weighted by Crippen LogP contribution is -2.42.